The third-order valence-corrected chi connectivity index (χ3v) is 2.52. The van der Waals surface area contributed by atoms with Crippen molar-refractivity contribution in [3.05, 3.63) is 58.5 Å². The van der Waals surface area contributed by atoms with E-state index in [1.165, 1.54) is 29.9 Å². The highest BCUT2D eigenvalue weighted by molar-refractivity contribution is 5.99. The second kappa shape index (κ2) is 5.52. The van der Waals surface area contributed by atoms with Crippen LogP contribution in [0.3, 0.4) is 0 Å². The number of halogens is 2. The normalized spacial score (nSPS) is 10.2. The average Bonchev–Trinajstić information content (AvgIpc) is 2.37. The summed E-state index contributed by atoms with van der Waals surface area (Å²) in [6, 6.07) is 4.82. The lowest BCUT2D eigenvalue weighted by molar-refractivity contribution is 0.262. The Balaban J connectivity index is 2.08. The number of urea groups is 1. The molecule has 1 aromatic heterocycles. The minimum absolute atomic E-state index is 0.145. The maximum Gasteiger partial charge on any atom is 0.323 e. The van der Waals surface area contributed by atoms with Crippen molar-refractivity contribution in [3.8, 4) is 0 Å². The second-order valence-corrected chi connectivity index (χ2v) is 4.07. The number of carbonyl (C=O) groups excluding carboxylic acids is 1. The molecule has 7 heteroatoms. The molecule has 0 aliphatic carbocycles. The molecule has 0 fully saturated rings. The van der Waals surface area contributed by atoms with Crippen LogP contribution in [0.25, 0.3) is 0 Å². The summed E-state index contributed by atoms with van der Waals surface area (Å²) < 4.78 is 27.3. The van der Waals surface area contributed by atoms with E-state index in [0.717, 1.165) is 12.1 Å². The van der Waals surface area contributed by atoms with Gasteiger partial charge in [0, 0.05) is 25.4 Å². The molecule has 2 rings (SSSR count). The van der Waals surface area contributed by atoms with E-state index in [4.69, 9.17) is 0 Å². The third kappa shape index (κ3) is 3.19. The summed E-state index contributed by atoms with van der Waals surface area (Å²) in [5.41, 5.74) is 0.00128. The van der Waals surface area contributed by atoms with Crippen molar-refractivity contribution in [1.29, 1.82) is 0 Å². The Kier molecular flexibility index (Phi) is 3.79. The Morgan fingerprint density at radius 2 is 1.90 bits per heavy atom. The molecule has 0 atom stereocenters. The topological polar surface area (TPSA) is 63.1 Å². The SMILES string of the molecule is Cn1cc(NC(=O)Nc2ccc(F)cc2F)ccc1=O. The highest BCUT2D eigenvalue weighted by Gasteiger charge is 2.08. The molecular weight excluding hydrogens is 268 g/mol. The summed E-state index contributed by atoms with van der Waals surface area (Å²) in [6.07, 6.45) is 1.42. The summed E-state index contributed by atoms with van der Waals surface area (Å²) in [4.78, 5) is 22.8. The average molecular weight is 279 g/mol. The fourth-order valence-corrected chi connectivity index (χ4v) is 1.54. The Labute approximate surface area is 112 Å². The number of amides is 2. The molecule has 2 aromatic rings. The molecule has 0 spiro atoms. The van der Waals surface area contributed by atoms with Crippen molar-refractivity contribution in [2.75, 3.05) is 10.6 Å². The second-order valence-electron chi connectivity index (χ2n) is 4.07. The van der Waals surface area contributed by atoms with Gasteiger partial charge in [-0.05, 0) is 18.2 Å². The van der Waals surface area contributed by atoms with Crippen molar-refractivity contribution < 1.29 is 13.6 Å². The van der Waals surface area contributed by atoms with E-state index in [1.54, 1.807) is 0 Å². The van der Waals surface area contributed by atoms with Crippen molar-refractivity contribution in [3.63, 3.8) is 0 Å². The third-order valence-electron chi connectivity index (χ3n) is 2.52. The molecule has 0 saturated carbocycles. The fraction of sp³-hybridized carbons (Fsp3) is 0.0769. The molecule has 0 bridgehead atoms. The van der Waals surface area contributed by atoms with Gasteiger partial charge in [-0.15, -0.1) is 0 Å². The van der Waals surface area contributed by atoms with Crippen LogP contribution in [0.1, 0.15) is 0 Å². The first-order valence-corrected chi connectivity index (χ1v) is 5.65. The van der Waals surface area contributed by atoms with Crippen molar-refractivity contribution in [2.45, 2.75) is 0 Å². The van der Waals surface area contributed by atoms with Gasteiger partial charge in [-0.2, -0.15) is 0 Å². The molecule has 20 heavy (non-hydrogen) atoms. The highest BCUT2D eigenvalue weighted by Crippen LogP contribution is 2.15. The van der Waals surface area contributed by atoms with Gasteiger partial charge >= 0.3 is 6.03 Å². The predicted octanol–water partition coefficient (Wildman–Crippen LogP) is 2.31. The van der Waals surface area contributed by atoms with Gasteiger partial charge < -0.3 is 15.2 Å². The Hall–Kier alpha value is -2.70. The standard InChI is InChI=1S/C13H11F2N3O2/c1-18-7-9(3-5-12(18)19)16-13(20)17-11-4-2-8(14)6-10(11)15/h2-7H,1H3,(H2,16,17,20). The monoisotopic (exact) mass is 279 g/mol. The first kappa shape index (κ1) is 13.7. The number of benzene rings is 1. The molecule has 2 N–H and O–H groups in total. The van der Waals surface area contributed by atoms with Crippen LogP contribution in [0.15, 0.2) is 41.3 Å². The number of aromatic nitrogens is 1. The highest BCUT2D eigenvalue weighted by atomic mass is 19.1. The van der Waals surface area contributed by atoms with Crippen LogP contribution in [0.2, 0.25) is 0 Å². The van der Waals surface area contributed by atoms with Crippen LogP contribution in [-0.2, 0) is 7.05 Å². The molecule has 5 nitrogen and oxygen atoms in total. The number of nitrogens with one attached hydrogen (secondary N) is 2. The number of rotatable bonds is 2. The Morgan fingerprint density at radius 3 is 2.55 bits per heavy atom. The minimum Gasteiger partial charge on any atom is -0.317 e. The van der Waals surface area contributed by atoms with E-state index in [-0.39, 0.29) is 11.2 Å². The molecule has 104 valence electrons. The van der Waals surface area contributed by atoms with Crippen LogP contribution in [0.4, 0.5) is 25.0 Å². The van der Waals surface area contributed by atoms with Crippen LogP contribution in [0, 0.1) is 11.6 Å². The maximum atomic E-state index is 13.3. The molecular formula is C13H11F2N3O2. The van der Waals surface area contributed by atoms with Crippen LogP contribution in [0.5, 0.6) is 0 Å². The van der Waals surface area contributed by atoms with E-state index >= 15 is 0 Å². The van der Waals surface area contributed by atoms with E-state index < -0.39 is 17.7 Å². The molecule has 0 aliphatic rings. The summed E-state index contributed by atoms with van der Waals surface area (Å²) in [5, 5.41) is 4.67. The summed E-state index contributed by atoms with van der Waals surface area (Å²) >= 11 is 0. The maximum absolute atomic E-state index is 13.3. The molecule has 1 heterocycles. The number of nitrogens with zero attached hydrogens (tertiary/aromatic N) is 1. The predicted molar refractivity (Wildman–Crippen MR) is 70.7 cm³/mol. The lowest BCUT2D eigenvalue weighted by Crippen LogP contribution is -2.22. The van der Waals surface area contributed by atoms with Gasteiger partial charge in [0.1, 0.15) is 11.6 Å². The van der Waals surface area contributed by atoms with Crippen molar-refractivity contribution in [2.24, 2.45) is 7.05 Å². The van der Waals surface area contributed by atoms with Crippen molar-refractivity contribution in [1.82, 2.24) is 4.57 Å². The van der Waals surface area contributed by atoms with E-state index in [9.17, 15) is 18.4 Å². The largest absolute Gasteiger partial charge is 0.323 e. The Morgan fingerprint density at radius 1 is 1.15 bits per heavy atom. The smallest absolute Gasteiger partial charge is 0.317 e. The van der Waals surface area contributed by atoms with Crippen LogP contribution in [-0.4, -0.2) is 10.6 Å². The molecule has 0 radical (unpaired) electrons. The molecule has 0 aliphatic heterocycles. The van der Waals surface area contributed by atoms with Gasteiger partial charge in [-0.25, -0.2) is 13.6 Å². The number of aryl methyl sites for hydroxylation is 1. The zero-order chi connectivity index (χ0) is 14.7. The van der Waals surface area contributed by atoms with Crippen LogP contribution < -0.4 is 16.2 Å². The van der Waals surface area contributed by atoms with E-state index in [1.807, 2.05) is 0 Å². The minimum atomic E-state index is -0.874. The quantitative estimate of drug-likeness (QED) is 0.886. The van der Waals surface area contributed by atoms with Crippen LogP contribution >= 0.6 is 0 Å². The number of carbonyl (C=O) groups is 1. The van der Waals surface area contributed by atoms with Crippen molar-refractivity contribution >= 4 is 17.4 Å². The number of pyridine rings is 1. The molecule has 2 amide bonds. The number of anilines is 2. The van der Waals surface area contributed by atoms with Gasteiger partial charge in [-0.1, -0.05) is 0 Å². The van der Waals surface area contributed by atoms with E-state index in [2.05, 4.69) is 10.6 Å². The summed E-state index contributed by atoms with van der Waals surface area (Å²) in [6.45, 7) is 0. The molecule has 1 aromatic carbocycles. The summed E-state index contributed by atoms with van der Waals surface area (Å²) in [7, 11) is 1.53. The fourth-order valence-electron chi connectivity index (χ4n) is 1.54. The van der Waals surface area contributed by atoms with Gasteiger partial charge in [-0.3, -0.25) is 4.79 Å². The Bertz CT molecular complexity index is 713. The van der Waals surface area contributed by atoms with E-state index in [0.29, 0.717) is 11.8 Å². The number of hydrogen-bond donors (Lipinski definition) is 2. The van der Waals surface area contributed by atoms with Gasteiger partial charge in [0.05, 0.1) is 11.4 Å². The lowest BCUT2D eigenvalue weighted by Gasteiger charge is -2.09. The lowest BCUT2D eigenvalue weighted by atomic mass is 10.3. The van der Waals surface area contributed by atoms with Gasteiger partial charge in [0.2, 0.25) is 5.56 Å². The zero-order valence-electron chi connectivity index (χ0n) is 10.5. The molecule has 0 saturated heterocycles. The zero-order valence-corrected chi connectivity index (χ0v) is 10.5. The van der Waals surface area contributed by atoms with Gasteiger partial charge in [0.25, 0.3) is 0 Å². The number of hydrogen-bond acceptors (Lipinski definition) is 2. The first-order chi connectivity index (χ1) is 9.45. The summed E-state index contributed by atoms with van der Waals surface area (Å²) in [5.74, 6) is -1.60. The van der Waals surface area contributed by atoms with Gasteiger partial charge in [0.15, 0.2) is 0 Å². The first-order valence-electron chi connectivity index (χ1n) is 5.65. The molecule has 0 unspecified atom stereocenters.